The first-order valence-corrected chi connectivity index (χ1v) is 11.2. The molecule has 0 heterocycles. The molecule has 1 atom stereocenters. The maximum absolute atomic E-state index is 12.6. The number of nitrogens with one attached hydrogen (secondary N) is 1. The zero-order valence-corrected chi connectivity index (χ0v) is 17.8. The van der Waals surface area contributed by atoms with Crippen molar-refractivity contribution < 1.29 is 17.9 Å². The average Bonchev–Trinajstić information content (AvgIpc) is 2.61. The van der Waals surface area contributed by atoms with Crippen molar-refractivity contribution in [3.63, 3.8) is 0 Å². The summed E-state index contributed by atoms with van der Waals surface area (Å²) in [6.07, 6.45) is 1.71. The third-order valence-corrected chi connectivity index (χ3v) is 6.70. The Kier molecular flexibility index (Phi) is 6.25. The molecule has 2 aromatic carbocycles. The van der Waals surface area contributed by atoms with Crippen molar-refractivity contribution in [3.8, 4) is 0 Å². The number of rotatable bonds is 5. The molecule has 0 bridgehead atoms. The largest absolute Gasteiger partial charge is 0.462 e. The number of halogens is 2. The molecule has 0 radical (unpaired) electrons. The third-order valence-electron chi connectivity index (χ3n) is 4.46. The molecule has 3 rings (SSSR count). The van der Waals surface area contributed by atoms with E-state index in [4.69, 9.17) is 16.3 Å². The van der Waals surface area contributed by atoms with Gasteiger partial charge in [0, 0.05) is 15.5 Å². The van der Waals surface area contributed by atoms with Crippen LogP contribution in [0.2, 0.25) is 5.02 Å². The predicted octanol–water partition coefficient (Wildman–Crippen LogP) is 4.12. The number of benzene rings is 2. The van der Waals surface area contributed by atoms with Crippen molar-refractivity contribution in [2.75, 3.05) is 6.61 Å². The molecule has 1 aliphatic rings. The fourth-order valence-corrected chi connectivity index (χ4v) is 5.15. The molecule has 0 saturated carbocycles. The number of fused-ring (bicyclic) bond motifs is 1. The van der Waals surface area contributed by atoms with Crippen LogP contribution in [0.4, 0.5) is 0 Å². The average molecular weight is 473 g/mol. The summed E-state index contributed by atoms with van der Waals surface area (Å²) in [5.41, 5.74) is 2.42. The van der Waals surface area contributed by atoms with Crippen LogP contribution in [0.15, 0.2) is 45.8 Å². The summed E-state index contributed by atoms with van der Waals surface area (Å²) < 4.78 is 33.9. The van der Waals surface area contributed by atoms with Crippen LogP contribution in [0.25, 0.3) is 0 Å². The maximum Gasteiger partial charge on any atom is 0.338 e. The highest BCUT2D eigenvalue weighted by atomic mass is 79.9. The van der Waals surface area contributed by atoms with Crippen molar-refractivity contribution in [1.82, 2.24) is 4.72 Å². The molecule has 0 aromatic heterocycles. The van der Waals surface area contributed by atoms with E-state index < -0.39 is 10.0 Å². The predicted molar refractivity (Wildman–Crippen MR) is 108 cm³/mol. The van der Waals surface area contributed by atoms with Crippen molar-refractivity contribution in [2.45, 2.75) is 37.1 Å². The van der Waals surface area contributed by atoms with E-state index in [0.29, 0.717) is 36.5 Å². The Balaban J connectivity index is 1.82. The number of esters is 1. The van der Waals surface area contributed by atoms with Crippen LogP contribution in [-0.4, -0.2) is 27.0 Å². The summed E-state index contributed by atoms with van der Waals surface area (Å²) in [5.74, 6) is -0.352. The van der Waals surface area contributed by atoms with E-state index in [0.717, 1.165) is 15.6 Å². The molecule has 0 fully saturated rings. The van der Waals surface area contributed by atoms with Gasteiger partial charge in [-0.15, -0.1) is 0 Å². The number of hydrogen-bond acceptors (Lipinski definition) is 4. The number of ether oxygens (including phenoxy) is 1. The van der Waals surface area contributed by atoms with Crippen LogP contribution >= 0.6 is 27.5 Å². The third kappa shape index (κ3) is 4.71. The lowest BCUT2D eigenvalue weighted by molar-refractivity contribution is 0.0524. The zero-order valence-electron chi connectivity index (χ0n) is 14.7. The molecule has 0 saturated heterocycles. The molecule has 27 heavy (non-hydrogen) atoms. The lowest BCUT2D eigenvalue weighted by Crippen LogP contribution is -2.39. The molecule has 5 nitrogen and oxygen atoms in total. The van der Waals surface area contributed by atoms with Crippen molar-refractivity contribution >= 4 is 43.5 Å². The first-order valence-electron chi connectivity index (χ1n) is 8.56. The quantitative estimate of drug-likeness (QED) is 0.665. The van der Waals surface area contributed by atoms with Crippen molar-refractivity contribution in [1.29, 1.82) is 0 Å². The normalized spacial score (nSPS) is 16.6. The molecular weight excluding hydrogens is 454 g/mol. The second-order valence-corrected chi connectivity index (χ2v) is 9.39. The summed E-state index contributed by atoms with van der Waals surface area (Å²) in [4.78, 5) is 12.4. The van der Waals surface area contributed by atoms with Crippen molar-refractivity contribution in [3.05, 3.63) is 62.6 Å². The SMILES string of the molecule is CCOC(=O)c1cc(Br)cc2c1CCC(NS(=O)(=O)c1ccc(Cl)cc1)C2. The van der Waals surface area contributed by atoms with Crippen LogP contribution in [0.1, 0.15) is 34.8 Å². The number of carbonyl (C=O) groups excluding carboxylic acids is 1. The highest BCUT2D eigenvalue weighted by Crippen LogP contribution is 2.30. The minimum Gasteiger partial charge on any atom is -0.462 e. The second-order valence-electron chi connectivity index (χ2n) is 6.33. The lowest BCUT2D eigenvalue weighted by Gasteiger charge is -2.27. The van der Waals surface area contributed by atoms with Crippen LogP contribution in [0, 0.1) is 0 Å². The van der Waals surface area contributed by atoms with Crippen LogP contribution in [0.5, 0.6) is 0 Å². The van der Waals surface area contributed by atoms with Crippen LogP contribution < -0.4 is 4.72 Å². The van der Waals surface area contributed by atoms with Gasteiger partial charge in [0.1, 0.15) is 0 Å². The molecule has 1 aliphatic carbocycles. The Morgan fingerprint density at radius 2 is 2.00 bits per heavy atom. The van der Waals surface area contributed by atoms with Gasteiger partial charge >= 0.3 is 5.97 Å². The van der Waals surface area contributed by atoms with Gasteiger partial charge in [0.2, 0.25) is 10.0 Å². The Morgan fingerprint density at radius 3 is 2.67 bits per heavy atom. The Morgan fingerprint density at radius 1 is 1.30 bits per heavy atom. The minimum atomic E-state index is -3.64. The first-order chi connectivity index (χ1) is 12.8. The van der Waals surface area contributed by atoms with Gasteiger partial charge in [0.05, 0.1) is 17.1 Å². The Hall–Kier alpha value is -1.41. The fourth-order valence-electron chi connectivity index (χ4n) is 3.25. The molecule has 0 spiro atoms. The Labute approximate surface area is 172 Å². The molecule has 1 unspecified atom stereocenters. The second kappa shape index (κ2) is 8.31. The highest BCUT2D eigenvalue weighted by molar-refractivity contribution is 9.10. The van der Waals surface area contributed by atoms with Gasteiger partial charge in [-0.1, -0.05) is 27.5 Å². The summed E-state index contributed by atoms with van der Waals surface area (Å²) in [5, 5.41) is 0.483. The molecule has 2 aromatic rings. The maximum atomic E-state index is 12.6. The molecule has 8 heteroatoms. The summed E-state index contributed by atoms with van der Waals surface area (Å²) in [6, 6.07) is 9.51. The van der Waals surface area contributed by atoms with Crippen molar-refractivity contribution in [2.24, 2.45) is 0 Å². The number of carbonyl (C=O) groups is 1. The fraction of sp³-hybridized carbons (Fsp3) is 0.316. The van der Waals surface area contributed by atoms with Crippen LogP contribution in [0.3, 0.4) is 0 Å². The molecule has 1 N–H and O–H groups in total. The van der Waals surface area contributed by atoms with E-state index in [9.17, 15) is 13.2 Å². The van der Waals surface area contributed by atoms with Gasteiger partial charge in [-0.3, -0.25) is 0 Å². The Bertz CT molecular complexity index is 960. The van der Waals surface area contributed by atoms with Crippen LogP contribution in [-0.2, 0) is 27.6 Å². The zero-order chi connectivity index (χ0) is 19.6. The van der Waals surface area contributed by atoms with E-state index in [1.807, 2.05) is 6.07 Å². The van der Waals surface area contributed by atoms with E-state index in [1.54, 1.807) is 25.1 Å². The minimum absolute atomic E-state index is 0.180. The van der Waals surface area contributed by atoms with Gasteiger partial charge in [-0.2, -0.15) is 0 Å². The topological polar surface area (TPSA) is 72.5 Å². The van der Waals surface area contributed by atoms with E-state index >= 15 is 0 Å². The smallest absolute Gasteiger partial charge is 0.338 e. The van der Waals surface area contributed by atoms with Gasteiger partial charge < -0.3 is 4.74 Å². The molecule has 0 amide bonds. The standard InChI is InChI=1S/C19H19BrClNO4S/c1-2-26-19(23)18-11-13(20)9-12-10-15(5-8-17(12)18)22-27(24,25)16-6-3-14(21)4-7-16/h3-4,6-7,9,11,15,22H,2,5,8,10H2,1H3. The summed E-state index contributed by atoms with van der Waals surface area (Å²) in [7, 11) is -3.64. The highest BCUT2D eigenvalue weighted by Gasteiger charge is 2.27. The summed E-state index contributed by atoms with van der Waals surface area (Å²) in [6.45, 7) is 2.08. The van der Waals surface area contributed by atoms with Gasteiger partial charge in [0.25, 0.3) is 0 Å². The monoisotopic (exact) mass is 471 g/mol. The first kappa shape index (κ1) is 20.3. The van der Waals surface area contributed by atoms with E-state index in [1.165, 1.54) is 12.1 Å². The van der Waals surface area contributed by atoms with Gasteiger partial charge in [-0.05, 0) is 73.7 Å². The number of hydrogen-bond donors (Lipinski definition) is 1. The van der Waals surface area contributed by atoms with E-state index in [-0.39, 0.29) is 16.9 Å². The molecular formula is C19H19BrClNO4S. The summed E-state index contributed by atoms with van der Waals surface area (Å²) >= 11 is 9.26. The molecule has 0 aliphatic heterocycles. The lowest BCUT2D eigenvalue weighted by atomic mass is 9.86. The molecule has 144 valence electrons. The van der Waals surface area contributed by atoms with E-state index in [2.05, 4.69) is 20.7 Å². The van der Waals surface area contributed by atoms with Gasteiger partial charge in [-0.25, -0.2) is 17.9 Å². The number of sulfonamides is 1. The van der Waals surface area contributed by atoms with Gasteiger partial charge in [0.15, 0.2) is 0 Å².